The van der Waals surface area contributed by atoms with Crippen LogP contribution in [0.4, 0.5) is 0 Å². The largest absolute Gasteiger partial charge is 0.744 e. The van der Waals surface area contributed by atoms with Crippen molar-refractivity contribution in [3.63, 3.8) is 0 Å². The summed E-state index contributed by atoms with van der Waals surface area (Å²) in [4.78, 5) is 0.124. The van der Waals surface area contributed by atoms with Crippen LogP contribution < -0.4 is 4.18 Å². The molecule has 222 valence electrons. The molecule has 0 saturated heterocycles. The van der Waals surface area contributed by atoms with Crippen molar-refractivity contribution in [1.82, 2.24) is 0 Å². The summed E-state index contributed by atoms with van der Waals surface area (Å²) in [5.74, 6) is 2.83. The summed E-state index contributed by atoms with van der Waals surface area (Å²) in [6, 6.07) is 13.0. The minimum absolute atomic E-state index is 0.169. The molecular formula is C34H37O6S2-. The van der Waals surface area contributed by atoms with Crippen molar-refractivity contribution >= 4 is 31.0 Å². The Morgan fingerprint density at radius 3 is 2.05 bits per heavy atom. The molecule has 6 atom stereocenters. The third kappa shape index (κ3) is 4.34. The van der Waals surface area contributed by atoms with Gasteiger partial charge >= 0.3 is 10.1 Å². The van der Waals surface area contributed by atoms with E-state index in [0.717, 1.165) is 66.8 Å². The monoisotopic (exact) mass is 605 g/mol. The number of fused-ring (bicyclic) bond motifs is 6. The lowest BCUT2D eigenvalue weighted by atomic mass is 9.77. The fraction of sp³-hybridized carbons (Fsp3) is 0.529. The molecule has 8 rings (SSSR count). The SMILES string of the molecule is O=S(=O)([O-])c1ccc(OS(=O)(=O)c2c(C3CC4CCC3C4)cc3ccccc3c2C2CC3CCC2C3)c2c1CCCC2. The summed E-state index contributed by atoms with van der Waals surface area (Å²) in [5, 5.41) is 2.12. The van der Waals surface area contributed by atoms with Crippen molar-refractivity contribution in [3.05, 3.63) is 64.7 Å². The maximum absolute atomic E-state index is 14.8. The second kappa shape index (κ2) is 9.80. The van der Waals surface area contributed by atoms with Crippen LogP contribution in [0.1, 0.15) is 98.3 Å². The van der Waals surface area contributed by atoms with E-state index in [9.17, 15) is 21.4 Å². The molecule has 3 aromatic rings. The molecular weight excluding hydrogens is 569 g/mol. The van der Waals surface area contributed by atoms with Crippen molar-refractivity contribution in [2.75, 3.05) is 0 Å². The molecule has 0 amide bonds. The predicted octanol–water partition coefficient (Wildman–Crippen LogP) is 7.20. The average Bonchev–Trinajstić information content (AvgIpc) is 3.78. The van der Waals surface area contributed by atoms with Crippen molar-refractivity contribution in [3.8, 4) is 5.75 Å². The Morgan fingerprint density at radius 2 is 1.40 bits per heavy atom. The van der Waals surface area contributed by atoms with Gasteiger partial charge in [-0.1, -0.05) is 37.1 Å². The summed E-state index contributed by atoms with van der Waals surface area (Å²) >= 11 is 0. The van der Waals surface area contributed by atoms with Crippen LogP contribution >= 0.6 is 0 Å². The molecule has 5 aliphatic carbocycles. The topological polar surface area (TPSA) is 101 Å². The molecule has 6 nitrogen and oxygen atoms in total. The highest BCUT2D eigenvalue weighted by Gasteiger charge is 2.47. The molecule has 8 heteroatoms. The van der Waals surface area contributed by atoms with Gasteiger partial charge in [0.15, 0.2) is 0 Å². The summed E-state index contributed by atoms with van der Waals surface area (Å²) in [6.45, 7) is 0. The molecule has 3 aromatic carbocycles. The van der Waals surface area contributed by atoms with Gasteiger partial charge in [-0.3, -0.25) is 0 Å². The fourth-order valence-electron chi connectivity index (χ4n) is 9.80. The quantitative estimate of drug-likeness (QED) is 0.218. The molecule has 0 heterocycles. The van der Waals surface area contributed by atoms with Crippen LogP contribution in [0, 0.1) is 23.7 Å². The van der Waals surface area contributed by atoms with Crippen molar-refractivity contribution in [2.24, 2.45) is 23.7 Å². The second-order valence-corrected chi connectivity index (χ2v) is 16.5. The zero-order valence-corrected chi connectivity index (χ0v) is 25.4. The number of rotatable bonds is 6. The van der Waals surface area contributed by atoms with Crippen LogP contribution in [0.2, 0.25) is 0 Å². The van der Waals surface area contributed by atoms with Gasteiger partial charge in [0.05, 0.1) is 4.90 Å². The molecule has 0 aromatic heterocycles. The van der Waals surface area contributed by atoms with E-state index in [2.05, 4.69) is 18.2 Å². The Morgan fingerprint density at radius 1 is 0.738 bits per heavy atom. The van der Waals surface area contributed by atoms with Gasteiger partial charge in [-0.15, -0.1) is 0 Å². The van der Waals surface area contributed by atoms with E-state index < -0.39 is 20.2 Å². The van der Waals surface area contributed by atoms with Gasteiger partial charge in [0.1, 0.15) is 20.8 Å². The average molecular weight is 606 g/mol. The van der Waals surface area contributed by atoms with Crippen molar-refractivity contribution in [2.45, 2.75) is 98.7 Å². The molecule has 0 aliphatic heterocycles. The van der Waals surface area contributed by atoms with E-state index in [4.69, 9.17) is 4.18 Å². The highest BCUT2D eigenvalue weighted by Crippen LogP contribution is 2.59. The first-order valence-corrected chi connectivity index (χ1v) is 18.6. The fourth-order valence-corrected chi connectivity index (χ4v) is 12.1. The minimum Gasteiger partial charge on any atom is -0.744 e. The molecule has 4 bridgehead atoms. The van der Waals surface area contributed by atoms with Crippen LogP contribution in [-0.4, -0.2) is 21.4 Å². The van der Waals surface area contributed by atoms with Gasteiger partial charge in [-0.25, -0.2) is 8.42 Å². The Labute approximate surface area is 248 Å². The summed E-state index contributed by atoms with van der Waals surface area (Å²) in [7, 11) is -8.97. The van der Waals surface area contributed by atoms with Gasteiger partial charge < -0.3 is 8.74 Å². The lowest BCUT2D eigenvalue weighted by Crippen LogP contribution is -2.23. The molecule has 4 saturated carbocycles. The lowest BCUT2D eigenvalue weighted by Gasteiger charge is -2.31. The van der Waals surface area contributed by atoms with E-state index in [1.807, 2.05) is 12.1 Å². The van der Waals surface area contributed by atoms with Crippen LogP contribution in [0.3, 0.4) is 0 Å². The molecule has 42 heavy (non-hydrogen) atoms. The number of hydrogen-bond acceptors (Lipinski definition) is 6. The Kier molecular flexibility index (Phi) is 6.33. The number of hydrogen-bond donors (Lipinski definition) is 0. The number of benzene rings is 3. The predicted molar refractivity (Wildman–Crippen MR) is 159 cm³/mol. The van der Waals surface area contributed by atoms with Gasteiger partial charge in [0, 0.05) is 5.56 Å². The van der Waals surface area contributed by atoms with E-state index >= 15 is 0 Å². The van der Waals surface area contributed by atoms with Gasteiger partial charge in [0.25, 0.3) is 0 Å². The summed E-state index contributed by atoms with van der Waals surface area (Å²) < 4.78 is 71.8. The molecule has 6 unspecified atom stereocenters. The Balaban J connectivity index is 1.33. The van der Waals surface area contributed by atoms with Crippen LogP contribution in [0.15, 0.2) is 52.3 Å². The molecule has 0 N–H and O–H groups in total. The summed E-state index contributed by atoms with van der Waals surface area (Å²) in [5.41, 5.74) is 2.84. The maximum atomic E-state index is 14.8. The van der Waals surface area contributed by atoms with E-state index in [0.29, 0.717) is 52.5 Å². The highest BCUT2D eigenvalue weighted by atomic mass is 32.2. The highest BCUT2D eigenvalue weighted by molar-refractivity contribution is 7.87. The molecule has 0 radical (unpaired) electrons. The zero-order chi connectivity index (χ0) is 28.8. The maximum Gasteiger partial charge on any atom is 0.339 e. The molecule has 5 aliphatic rings. The first kappa shape index (κ1) is 27.2. The van der Waals surface area contributed by atoms with Crippen LogP contribution in [0.25, 0.3) is 10.8 Å². The third-order valence-corrected chi connectivity index (χ3v) is 13.8. The molecule has 0 spiro atoms. The van der Waals surface area contributed by atoms with Crippen LogP contribution in [-0.2, 0) is 33.1 Å². The van der Waals surface area contributed by atoms with E-state index in [1.165, 1.54) is 31.4 Å². The van der Waals surface area contributed by atoms with E-state index in [-0.39, 0.29) is 22.5 Å². The van der Waals surface area contributed by atoms with Crippen molar-refractivity contribution < 1.29 is 25.6 Å². The third-order valence-electron chi connectivity index (χ3n) is 11.5. The van der Waals surface area contributed by atoms with E-state index in [1.54, 1.807) is 0 Å². The second-order valence-electron chi connectivity index (χ2n) is 13.7. The van der Waals surface area contributed by atoms with Gasteiger partial charge in [-0.2, -0.15) is 8.42 Å². The lowest BCUT2D eigenvalue weighted by molar-refractivity contribution is 0.400. The van der Waals surface area contributed by atoms with Gasteiger partial charge in [0.2, 0.25) is 0 Å². The van der Waals surface area contributed by atoms with Crippen LogP contribution in [0.5, 0.6) is 5.75 Å². The normalized spacial score (nSPS) is 30.2. The minimum atomic E-state index is -4.68. The smallest absolute Gasteiger partial charge is 0.339 e. The zero-order valence-electron chi connectivity index (χ0n) is 23.8. The Hall–Kier alpha value is -2.42. The Bertz CT molecular complexity index is 1810. The first-order valence-electron chi connectivity index (χ1n) is 15.8. The van der Waals surface area contributed by atoms with Gasteiger partial charge in [-0.05, 0) is 145 Å². The summed E-state index contributed by atoms with van der Waals surface area (Å²) in [6.07, 6.45) is 11.6. The molecule has 4 fully saturated rings. The van der Waals surface area contributed by atoms with Crippen molar-refractivity contribution in [1.29, 1.82) is 0 Å². The first-order chi connectivity index (χ1) is 20.2. The standard InChI is InChI=1S/C34H38O6S2/c35-41(36,37)32-14-13-31(26-7-3-4-8-27(26)32)40-42(38,39)34-30(28-17-20-9-11-23(28)15-20)19-22-5-1-2-6-25(22)33(34)29-18-21-10-12-24(29)16-21/h1-2,5-6,13-14,19-21,23-24,28-29H,3-4,7-12,15-18H2,(H,35,36,37)/p-1.